The molecule has 0 saturated heterocycles. The molecule has 1 heterocycles. The lowest BCUT2D eigenvalue weighted by molar-refractivity contribution is -0.118. The number of sulfonamides is 1. The number of fused-ring (bicyclic) bond motifs is 1. The van der Waals surface area contributed by atoms with Gasteiger partial charge in [0, 0.05) is 21.1 Å². The number of amides is 1. The predicted octanol–water partition coefficient (Wildman–Crippen LogP) is 3.70. The summed E-state index contributed by atoms with van der Waals surface area (Å²) in [5.74, 6) is -0.633. The zero-order chi connectivity index (χ0) is 18.0. The molecule has 1 N–H and O–H groups in total. The van der Waals surface area contributed by atoms with E-state index in [9.17, 15) is 13.2 Å². The third-order valence-corrected chi connectivity index (χ3v) is 5.58. The highest BCUT2D eigenvalue weighted by Gasteiger charge is 2.22. The van der Waals surface area contributed by atoms with Gasteiger partial charge in [0.15, 0.2) is 0 Å². The Kier molecular flexibility index (Phi) is 5.08. The zero-order valence-electron chi connectivity index (χ0n) is 12.7. The Morgan fingerprint density at radius 3 is 2.60 bits per heavy atom. The molecule has 25 heavy (non-hydrogen) atoms. The van der Waals surface area contributed by atoms with Crippen molar-refractivity contribution >= 4 is 54.4 Å². The molecule has 1 aromatic heterocycles. The third kappa shape index (κ3) is 4.18. The number of nitrogens with zero attached hydrogens (tertiary/aromatic N) is 1. The summed E-state index contributed by atoms with van der Waals surface area (Å²) < 4.78 is 28.2. The van der Waals surface area contributed by atoms with Crippen molar-refractivity contribution in [1.82, 2.24) is 9.71 Å². The van der Waals surface area contributed by atoms with Gasteiger partial charge in [-0.2, -0.15) is 0 Å². The molecule has 0 aliphatic rings. The van der Waals surface area contributed by atoms with Crippen LogP contribution in [0.25, 0.3) is 10.9 Å². The van der Waals surface area contributed by atoms with Crippen LogP contribution in [0.4, 0.5) is 0 Å². The van der Waals surface area contributed by atoms with E-state index in [0.29, 0.717) is 10.9 Å². The van der Waals surface area contributed by atoms with E-state index >= 15 is 0 Å². The van der Waals surface area contributed by atoms with E-state index in [1.165, 1.54) is 12.3 Å². The summed E-state index contributed by atoms with van der Waals surface area (Å²) in [7, 11) is -4.09. The van der Waals surface area contributed by atoms with Crippen LogP contribution in [0.1, 0.15) is 5.56 Å². The van der Waals surface area contributed by atoms with Crippen molar-refractivity contribution < 1.29 is 13.2 Å². The number of rotatable bonds is 4. The predicted molar refractivity (Wildman–Crippen MR) is 99.9 cm³/mol. The molecule has 5 nitrogen and oxygen atoms in total. The molecule has 1 amide bonds. The first-order valence-electron chi connectivity index (χ1n) is 7.19. The molecule has 0 atom stereocenters. The molecule has 0 unspecified atom stereocenters. The largest absolute Gasteiger partial charge is 0.274 e. The maximum absolute atomic E-state index is 12.6. The maximum atomic E-state index is 12.6. The van der Waals surface area contributed by atoms with Crippen LogP contribution in [0, 0.1) is 0 Å². The van der Waals surface area contributed by atoms with Crippen LogP contribution in [0.5, 0.6) is 0 Å². The number of nitrogens with one attached hydrogen (secondary N) is 1. The molecule has 3 aromatic rings. The van der Waals surface area contributed by atoms with E-state index in [4.69, 9.17) is 11.6 Å². The summed E-state index contributed by atoms with van der Waals surface area (Å²) in [5.41, 5.74) is 0.959. The monoisotopic (exact) mass is 438 g/mol. The number of carbonyl (C=O) groups is 1. The van der Waals surface area contributed by atoms with Crippen molar-refractivity contribution in [2.45, 2.75) is 11.3 Å². The minimum atomic E-state index is -4.09. The minimum Gasteiger partial charge on any atom is -0.274 e. The van der Waals surface area contributed by atoms with Gasteiger partial charge in [0.25, 0.3) is 10.0 Å². The smallest absolute Gasteiger partial charge is 0.266 e. The third-order valence-electron chi connectivity index (χ3n) is 3.45. The molecule has 0 spiro atoms. The number of aromatic nitrogens is 1. The summed E-state index contributed by atoms with van der Waals surface area (Å²) >= 11 is 9.31. The van der Waals surface area contributed by atoms with Crippen LogP contribution < -0.4 is 4.72 Å². The lowest BCUT2D eigenvalue weighted by Crippen LogP contribution is -2.32. The Morgan fingerprint density at radius 2 is 1.88 bits per heavy atom. The number of carbonyl (C=O) groups excluding carboxylic acids is 1. The van der Waals surface area contributed by atoms with Crippen LogP contribution in [-0.4, -0.2) is 19.3 Å². The summed E-state index contributed by atoms with van der Waals surface area (Å²) in [5, 5.41) is 0.831. The van der Waals surface area contributed by atoms with Gasteiger partial charge in [-0.3, -0.25) is 9.78 Å². The van der Waals surface area contributed by atoms with Crippen LogP contribution in [0.2, 0.25) is 5.02 Å². The van der Waals surface area contributed by atoms with Crippen LogP contribution in [0.3, 0.4) is 0 Å². The Hall–Kier alpha value is -1.96. The summed E-state index contributed by atoms with van der Waals surface area (Å²) in [4.78, 5) is 16.1. The summed E-state index contributed by atoms with van der Waals surface area (Å²) in [6.07, 6.45) is 1.43. The first-order valence-corrected chi connectivity index (χ1v) is 9.85. The number of hydrogen-bond acceptors (Lipinski definition) is 4. The van der Waals surface area contributed by atoms with Gasteiger partial charge in [0.1, 0.15) is 4.90 Å². The Morgan fingerprint density at radius 1 is 1.16 bits per heavy atom. The average Bonchev–Trinajstić information content (AvgIpc) is 2.55. The van der Waals surface area contributed by atoms with E-state index in [1.54, 1.807) is 42.5 Å². The molecule has 2 aromatic carbocycles. The highest BCUT2D eigenvalue weighted by atomic mass is 79.9. The zero-order valence-corrected chi connectivity index (χ0v) is 15.9. The molecule has 0 aliphatic carbocycles. The Bertz CT molecular complexity index is 1050. The molecule has 8 heteroatoms. The SMILES string of the molecule is O=C(Cc1ccc(Br)cc1)NS(=O)(=O)c1cc(Cl)cc2cccnc12. The highest BCUT2D eigenvalue weighted by Crippen LogP contribution is 2.25. The van der Waals surface area contributed by atoms with E-state index in [1.807, 2.05) is 0 Å². The molecule has 0 bridgehead atoms. The topological polar surface area (TPSA) is 76.1 Å². The first kappa shape index (κ1) is 17.8. The van der Waals surface area contributed by atoms with Crippen molar-refractivity contribution in [2.24, 2.45) is 0 Å². The molecule has 3 rings (SSSR count). The number of pyridine rings is 1. The first-order chi connectivity index (χ1) is 11.8. The normalized spacial score (nSPS) is 11.4. The lowest BCUT2D eigenvalue weighted by Gasteiger charge is -2.10. The average molecular weight is 440 g/mol. The van der Waals surface area contributed by atoms with Crippen molar-refractivity contribution in [1.29, 1.82) is 0 Å². The van der Waals surface area contributed by atoms with E-state index in [0.717, 1.165) is 4.47 Å². The van der Waals surface area contributed by atoms with Crippen molar-refractivity contribution in [3.8, 4) is 0 Å². The summed E-state index contributed by atoms with van der Waals surface area (Å²) in [6, 6.07) is 13.3. The van der Waals surface area contributed by atoms with Crippen molar-refractivity contribution in [2.75, 3.05) is 0 Å². The van der Waals surface area contributed by atoms with Crippen LogP contribution in [-0.2, 0) is 21.2 Å². The minimum absolute atomic E-state index is 0.0571. The van der Waals surface area contributed by atoms with Crippen molar-refractivity contribution in [3.05, 3.63) is 69.8 Å². The Balaban J connectivity index is 1.89. The van der Waals surface area contributed by atoms with Crippen LogP contribution in [0.15, 0.2) is 64.1 Å². The van der Waals surface area contributed by atoms with Gasteiger partial charge >= 0.3 is 0 Å². The second-order valence-corrected chi connectivity index (χ2v) is 8.31. The molecule has 0 aliphatic heterocycles. The molecule has 128 valence electrons. The quantitative estimate of drug-likeness (QED) is 0.672. The van der Waals surface area contributed by atoms with E-state index in [2.05, 4.69) is 25.6 Å². The standard InChI is InChI=1S/C17H12BrClN2O3S/c18-13-5-3-11(4-6-13)8-16(22)21-25(23,24)15-10-14(19)9-12-2-1-7-20-17(12)15/h1-7,9-10H,8H2,(H,21,22). The van der Waals surface area contributed by atoms with E-state index < -0.39 is 15.9 Å². The summed E-state index contributed by atoms with van der Waals surface area (Å²) in [6.45, 7) is 0. The van der Waals surface area contributed by atoms with Gasteiger partial charge in [-0.1, -0.05) is 45.7 Å². The highest BCUT2D eigenvalue weighted by molar-refractivity contribution is 9.10. The van der Waals surface area contributed by atoms with E-state index in [-0.39, 0.29) is 21.9 Å². The van der Waals surface area contributed by atoms with Crippen LogP contribution >= 0.6 is 27.5 Å². The molecule has 0 radical (unpaired) electrons. The molecule has 0 saturated carbocycles. The second-order valence-electron chi connectivity index (χ2n) is 5.31. The van der Waals surface area contributed by atoms with Gasteiger partial charge in [-0.05, 0) is 35.9 Å². The number of halogens is 2. The molecular formula is C17H12BrClN2O3S. The fraction of sp³-hybridized carbons (Fsp3) is 0.0588. The fourth-order valence-electron chi connectivity index (χ4n) is 2.36. The number of hydrogen-bond donors (Lipinski definition) is 1. The van der Waals surface area contributed by atoms with Gasteiger partial charge < -0.3 is 0 Å². The van der Waals surface area contributed by atoms with Gasteiger partial charge in [0.05, 0.1) is 11.9 Å². The second kappa shape index (κ2) is 7.11. The molecular weight excluding hydrogens is 428 g/mol. The van der Waals surface area contributed by atoms with Crippen molar-refractivity contribution in [3.63, 3.8) is 0 Å². The maximum Gasteiger partial charge on any atom is 0.266 e. The molecule has 0 fully saturated rings. The van der Waals surface area contributed by atoms with Gasteiger partial charge in [0.2, 0.25) is 5.91 Å². The Labute approximate surface area is 158 Å². The van der Waals surface area contributed by atoms with Gasteiger partial charge in [-0.25, -0.2) is 13.1 Å². The number of benzene rings is 2. The van der Waals surface area contributed by atoms with Gasteiger partial charge in [-0.15, -0.1) is 0 Å². The fourth-order valence-corrected chi connectivity index (χ4v) is 4.10. The lowest BCUT2D eigenvalue weighted by atomic mass is 10.1.